The molecule has 1 saturated carbocycles. The Hall–Kier alpha value is -0.690. The number of sulfonamides is 1. The lowest BCUT2D eigenvalue weighted by atomic mass is 9.94. The zero-order valence-electron chi connectivity index (χ0n) is 10.5. The van der Waals surface area contributed by atoms with Gasteiger partial charge in [-0.3, -0.25) is 0 Å². The van der Waals surface area contributed by atoms with Gasteiger partial charge in [-0.25, -0.2) is 8.42 Å². The lowest BCUT2D eigenvalue weighted by Gasteiger charge is -2.33. The molecule has 0 radical (unpaired) electrons. The Labute approximate surface area is 123 Å². The van der Waals surface area contributed by atoms with Crippen molar-refractivity contribution in [1.82, 2.24) is 4.31 Å². The monoisotopic (exact) mass is 318 g/mol. The highest BCUT2D eigenvalue weighted by Gasteiger charge is 2.32. The van der Waals surface area contributed by atoms with E-state index >= 15 is 0 Å². The first-order valence-corrected chi connectivity index (χ1v) is 8.14. The number of benzene rings is 1. The third kappa shape index (κ3) is 2.76. The van der Waals surface area contributed by atoms with E-state index in [-0.39, 0.29) is 20.9 Å². The summed E-state index contributed by atoms with van der Waals surface area (Å²) in [6, 6.07) is 4.61. The van der Waals surface area contributed by atoms with Crippen molar-refractivity contribution in [2.24, 2.45) is 5.73 Å². The van der Waals surface area contributed by atoms with E-state index in [0.29, 0.717) is 5.56 Å². The summed E-state index contributed by atoms with van der Waals surface area (Å²) in [5, 5.41) is 0.150. The van der Waals surface area contributed by atoms with Gasteiger partial charge in [-0.2, -0.15) is 4.31 Å². The molecular weight excluding hydrogens is 304 g/mol. The second-order valence-electron chi connectivity index (χ2n) is 4.62. The molecule has 0 aliphatic heterocycles. The van der Waals surface area contributed by atoms with Crippen LogP contribution in [0.3, 0.4) is 0 Å². The van der Waals surface area contributed by atoms with Gasteiger partial charge in [0.2, 0.25) is 10.0 Å². The highest BCUT2D eigenvalue weighted by molar-refractivity contribution is 7.89. The van der Waals surface area contributed by atoms with Crippen molar-refractivity contribution in [2.45, 2.75) is 30.2 Å². The maximum atomic E-state index is 12.4. The molecule has 104 valence electrons. The van der Waals surface area contributed by atoms with E-state index in [4.69, 9.17) is 29.6 Å². The van der Waals surface area contributed by atoms with Crippen LogP contribution in [0.15, 0.2) is 23.1 Å². The Morgan fingerprint density at radius 2 is 2.11 bits per heavy atom. The average molecular weight is 319 g/mol. The van der Waals surface area contributed by atoms with E-state index in [0.717, 1.165) is 19.3 Å². The fourth-order valence-corrected chi connectivity index (χ4v) is 4.02. The van der Waals surface area contributed by atoms with Gasteiger partial charge in [-0.1, -0.05) is 36.3 Å². The van der Waals surface area contributed by atoms with Crippen LogP contribution >= 0.6 is 23.8 Å². The van der Waals surface area contributed by atoms with Crippen LogP contribution in [0.1, 0.15) is 24.8 Å². The topological polar surface area (TPSA) is 63.4 Å². The predicted molar refractivity (Wildman–Crippen MR) is 79.9 cm³/mol. The molecule has 1 aromatic carbocycles. The number of hydrogen-bond donors (Lipinski definition) is 1. The van der Waals surface area contributed by atoms with Crippen LogP contribution in [0, 0.1) is 0 Å². The van der Waals surface area contributed by atoms with Gasteiger partial charge in [-0.15, -0.1) is 0 Å². The summed E-state index contributed by atoms with van der Waals surface area (Å²) in [5.74, 6) is 0. The molecule has 0 amide bonds. The molecule has 0 heterocycles. The SMILES string of the molecule is CN(C1CCC1)S(=O)(=O)c1ccc(C(N)=S)cc1Cl. The summed E-state index contributed by atoms with van der Waals surface area (Å²) in [6.45, 7) is 0. The first-order chi connectivity index (χ1) is 8.84. The number of nitrogens with two attached hydrogens (primary N) is 1. The van der Waals surface area contributed by atoms with E-state index in [9.17, 15) is 8.42 Å². The lowest BCUT2D eigenvalue weighted by molar-refractivity contribution is 0.249. The number of halogens is 1. The summed E-state index contributed by atoms with van der Waals surface area (Å²) in [5.41, 5.74) is 6.05. The molecule has 2 rings (SSSR count). The highest BCUT2D eigenvalue weighted by Crippen LogP contribution is 2.31. The van der Waals surface area contributed by atoms with Crippen molar-refractivity contribution in [3.63, 3.8) is 0 Å². The van der Waals surface area contributed by atoms with E-state index < -0.39 is 10.0 Å². The number of rotatable bonds is 4. The average Bonchev–Trinajstić information content (AvgIpc) is 2.25. The molecule has 7 heteroatoms. The normalized spacial score (nSPS) is 16.4. The van der Waals surface area contributed by atoms with Crippen LogP contribution < -0.4 is 5.73 Å². The van der Waals surface area contributed by atoms with Gasteiger partial charge in [0, 0.05) is 18.7 Å². The Bertz CT molecular complexity index is 612. The molecule has 1 aliphatic carbocycles. The van der Waals surface area contributed by atoms with Crippen molar-refractivity contribution in [1.29, 1.82) is 0 Å². The fourth-order valence-electron chi connectivity index (χ4n) is 1.96. The Balaban J connectivity index is 2.37. The minimum atomic E-state index is -3.55. The zero-order valence-corrected chi connectivity index (χ0v) is 12.9. The third-order valence-corrected chi connectivity index (χ3v) is 6.09. The van der Waals surface area contributed by atoms with Gasteiger partial charge >= 0.3 is 0 Å². The van der Waals surface area contributed by atoms with Crippen LogP contribution in [0.5, 0.6) is 0 Å². The van der Waals surface area contributed by atoms with E-state index in [1.165, 1.54) is 16.4 Å². The number of thiocarbonyl (C=S) groups is 1. The van der Waals surface area contributed by atoms with Crippen molar-refractivity contribution in [3.8, 4) is 0 Å². The molecule has 1 aliphatic rings. The van der Waals surface area contributed by atoms with Gasteiger partial charge in [0.1, 0.15) is 9.88 Å². The molecule has 0 spiro atoms. The summed E-state index contributed by atoms with van der Waals surface area (Å²) in [7, 11) is -1.96. The first kappa shape index (κ1) is 14.7. The molecule has 0 saturated heterocycles. The second kappa shape index (κ2) is 5.36. The van der Waals surface area contributed by atoms with Crippen molar-refractivity contribution >= 4 is 38.8 Å². The standard InChI is InChI=1S/C12H15ClN2O2S2/c1-15(9-3-2-4-9)19(16,17)11-6-5-8(12(14)18)7-10(11)13/h5-7,9H,2-4H2,1H3,(H2,14,18). The third-order valence-electron chi connectivity index (χ3n) is 3.46. The largest absolute Gasteiger partial charge is 0.389 e. The molecule has 0 atom stereocenters. The smallest absolute Gasteiger partial charge is 0.244 e. The minimum Gasteiger partial charge on any atom is -0.389 e. The Kier molecular flexibility index (Phi) is 4.15. The fraction of sp³-hybridized carbons (Fsp3) is 0.417. The molecule has 1 fully saturated rings. The minimum absolute atomic E-state index is 0.0799. The van der Waals surface area contributed by atoms with Crippen LogP contribution in [0.4, 0.5) is 0 Å². The van der Waals surface area contributed by atoms with Gasteiger partial charge in [-0.05, 0) is 25.0 Å². The molecule has 2 N–H and O–H groups in total. The number of nitrogens with zero attached hydrogens (tertiary/aromatic N) is 1. The lowest BCUT2D eigenvalue weighted by Crippen LogP contribution is -2.41. The second-order valence-corrected chi connectivity index (χ2v) is 7.43. The van der Waals surface area contributed by atoms with Crippen LogP contribution in [-0.2, 0) is 10.0 Å². The van der Waals surface area contributed by atoms with Crippen molar-refractivity contribution in [3.05, 3.63) is 28.8 Å². The van der Waals surface area contributed by atoms with Crippen molar-refractivity contribution < 1.29 is 8.42 Å². The molecule has 0 unspecified atom stereocenters. The van der Waals surface area contributed by atoms with Crippen LogP contribution in [0.25, 0.3) is 0 Å². The highest BCUT2D eigenvalue weighted by atomic mass is 35.5. The maximum absolute atomic E-state index is 12.4. The molecule has 19 heavy (non-hydrogen) atoms. The summed E-state index contributed by atoms with van der Waals surface area (Å²) in [6.07, 6.45) is 2.87. The summed E-state index contributed by atoms with van der Waals surface area (Å²) >= 11 is 10.9. The zero-order chi connectivity index (χ0) is 14.2. The summed E-state index contributed by atoms with van der Waals surface area (Å²) < 4.78 is 26.3. The van der Waals surface area contributed by atoms with Crippen molar-refractivity contribution in [2.75, 3.05) is 7.05 Å². The molecule has 4 nitrogen and oxygen atoms in total. The molecule has 0 bridgehead atoms. The number of hydrogen-bond acceptors (Lipinski definition) is 3. The van der Waals surface area contributed by atoms with Gasteiger partial charge in [0.15, 0.2) is 0 Å². The van der Waals surface area contributed by atoms with E-state index in [1.54, 1.807) is 13.1 Å². The molecule has 1 aromatic rings. The van der Waals surface area contributed by atoms with Crippen LogP contribution in [0.2, 0.25) is 5.02 Å². The van der Waals surface area contributed by atoms with Crippen LogP contribution in [-0.4, -0.2) is 30.8 Å². The molecular formula is C12H15ClN2O2S2. The maximum Gasteiger partial charge on any atom is 0.244 e. The first-order valence-electron chi connectivity index (χ1n) is 5.91. The van der Waals surface area contributed by atoms with Gasteiger partial charge in [0.25, 0.3) is 0 Å². The molecule has 0 aromatic heterocycles. The van der Waals surface area contributed by atoms with E-state index in [1.807, 2.05) is 0 Å². The Morgan fingerprint density at radius 3 is 2.53 bits per heavy atom. The van der Waals surface area contributed by atoms with E-state index in [2.05, 4.69) is 0 Å². The Morgan fingerprint density at radius 1 is 1.47 bits per heavy atom. The van der Waals surface area contributed by atoms with Gasteiger partial charge < -0.3 is 5.73 Å². The van der Waals surface area contributed by atoms with Gasteiger partial charge in [0.05, 0.1) is 5.02 Å². The summed E-state index contributed by atoms with van der Waals surface area (Å²) in [4.78, 5) is 0.293. The predicted octanol–water partition coefficient (Wildman–Crippen LogP) is 2.15. The quantitative estimate of drug-likeness (QED) is 0.864.